The fraction of sp³-hybridized carbons (Fsp3) is 0.286. The van der Waals surface area contributed by atoms with Crippen molar-refractivity contribution in [3.05, 3.63) is 95.6 Å². The summed E-state index contributed by atoms with van der Waals surface area (Å²) in [6.07, 6.45) is 1.12. The molecular formula is C28H32N2O4. The minimum absolute atomic E-state index is 0.151. The van der Waals surface area contributed by atoms with Gasteiger partial charge in [0.05, 0.1) is 14.2 Å². The molecule has 1 N–H and O–H groups in total. The maximum atomic E-state index is 13.3. The van der Waals surface area contributed by atoms with E-state index in [1.165, 1.54) is 6.92 Å². The number of carbonyl (C=O) groups excluding carboxylic acids is 2. The first-order chi connectivity index (χ1) is 16.5. The predicted octanol–water partition coefficient (Wildman–Crippen LogP) is 4.02. The standard InChI is InChI=1S/C28H32N2O4/c1-21(31)30(20-24-11-15-26(34-3)16-12-24)27(19-23-7-5-4-6-8-23)28(32)29-18-17-22-9-13-25(33-2)14-10-22/h4-16,27H,17-20H2,1-3H3,(H,29,32)/t27-/m0/s1. The van der Waals surface area contributed by atoms with Gasteiger partial charge in [-0.05, 0) is 47.4 Å². The lowest BCUT2D eigenvalue weighted by atomic mass is 10.0. The Kier molecular flexibility index (Phi) is 9.09. The van der Waals surface area contributed by atoms with Crippen molar-refractivity contribution in [2.24, 2.45) is 0 Å². The molecule has 6 heteroatoms. The minimum Gasteiger partial charge on any atom is -0.497 e. The number of rotatable bonds is 11. The van der Waals surface area contributed by atoms with Gasteiger partial charge in [0.2, 0.25) is 11.8 Å². The maximum Gasteiger partial charge on any atom is 0.243 e. The molecule has 178 valence electrons. The van der Waals surface area contributed by atoms with Gasteiger partial charge in [-0.25, -0.2) is 0 Å². The molecule has 0 fully saturated rings. The average Bonchev–Trinajstić information content (AvgIpc) is 2.87. The Bertz CT molecular complexity index is 1050. The first-order valence-electron chi connectivity index (χ1n) is 11.3. The molecule has 6 nitrogen and oxygen atoms in total. The van der Waals surface area contributed by atoms with Crippen LogP contribution in [0.3, 0.4) is 0 Å². The highest BCUT2D eigenvalue weighted by atomic mass is 16.5. The molecule has 0 saturated carbocycles. The van der Waals surface area contributed by atoms with Crippen molar-refractivity contribution < 1.29 is 19.1 Å². The van der Waals surface area contributed by atoms with Crippen LogP contribution in [0.25, 0.3) is 0 Å². The zero-order valence-corrected chi connectivity index (χ0v) is 20.0. The molecule has 0 unspecified atom stereocenters. The van der Waals surface area contributed by atoms with E-state index in [1.54, 1.807) is 19.1 Å². The van der Waals surface area contributed by atoms with Gasteiger partial charge in [0.1, 0.15) is 17.5 Å². The van der Waals surface area contributed by atoms with Crippen molar-refractivity contribution in [3.63, 3.8) is 0 Å². The molecule has 34 heavy (non-hydrogen) atoms. The van der Waals surface area contributed by atoms with Gasteiger partial charge < -0.3 is 19.7 Å². The topological polar surface area (TPSA) is 67.9 Å². The summed E-state index contributed by atoms with van der Waals surface area (Å²) < 4.78 is 10.4. The molecule has 0 radical (unpaired) electrons. The summed E-state index contributed by atoms with van der Waals surface area (Å²) in [6, 6.07) is 24.5. The molecule has 0 aliphatic carbocycles. The van der Waals surface area contributed by atoms with Gasteiger partial charge in [0, 0.05) is 26.4 Å². The fourth-order valence-corrected chi connectivity index (χ4v) is 3.79. The number of amides is 2. The fourth-order valence-electron chi connectivity index (χ4n) is 3.79. The number of hydrogen-bond donors (Lipinski definition) is 1. The van der Waals surface area contributed by atoms with E-state index in [0.29, 0.717) is 25.9 Å². The van der Waals surface area contributed by atoms with E-state index >= 15 is 0 Å². The van der Waals surface area contributed by atoms with Crippen molar-refractivity contribution >= 4 is 11.8 Å². The first-order valence-corrected chi connectivity index (χ1v) is 11.3. The third-order valence-corrected chi connectivity index (χ3v) is 5.74. The molecule has 3 aromatic rings. The van der Waals surface area contributed by atoms with Crippen LogP contribution in [0.2, 0.25) is 0 Å². The average molecular weight is 461 g/mol. The Morgan fingerprint density at radius 2 is 1.35 bits per heavy atom. The molecule has 1 atom stereocenters. The van der Waals surface area contributed by atoms with Crippen molar-refractivity contribution in [1.29, 1.82) is 0 Å². The Morgan fingerprint density at radius 3 is 1.88 bits per heavy atom. The molecular weight excluding hydrogens is 428 g/mol. The number of hydrogen-bond acceptors (Lipinski definition) is 4. The Hall–Kier alpha value is -3.80. The molecule has 3 aromatic carbocycles. The van der Waals surface area contributed by atoms with E-state index < -0.39 is 6.04 Å². The van der Waals surface area contributed by atoms with Crippen molar-refractivity contribution in [1.82, 2.24) is 10.2 Å². The highest BCUT2D eigenvalue weighted by Gasteiger charge is 2.28. The van der Waals surface area contributed by atoms with E-state index in [1.807, 2.05) is 78.9 Å². The zero-order valence-electron chi connectivity index (χ0n) is 20.0. The second-order valence-electron chi connectivity index (χ2n) is 8.09. The second kappa shape index (κ2) is 12.4. The van der Waals surface area contributed by atoms with Crippen LogP contribution >= 0.6 is 0 Å². The van der Waals surface area contributed by atoms with Gasteiger partial charge in [0.15, 0.2) is 0 Å². The summed E-state index contributed by atoms with van der Waals surface area (Å²) in [7, 11) is 3.25. The third kappa shape index (κ3) is 7.10. The summed E-state index contributed by atoms with van der Waals surface area (Å²) in [6.45, 7) is 2.32. The van der Waals surface area contributed by atoms with Gasteiger partial charge in [-0.3, -0.25) is 9.59 Å². The summed E-state index contributed by atoms with van der Waals surface area (Å²) in [5, 5.41) is 3.04. The third-order valence-electron chi connectivity index (χ3n) is 5.74. The Balaban J connectivity index is 1.74. The van der Waals surface area contributed by atoms with E-state index in [0.717, 1.165) is 28.2 Å². The highest BCUT2D eigenvalue weighted by Crippen LogP contribution is 2.17. The van der Waals surface area contributed by atoms with Gasteiger partial charge in [-0.1, -0.05) is 54.6 Å². The van der Waals surface area contributed by atoms with Crippen molar-refractivity contribution in [2.75, 3.05) is 20.8 Å². The van der Waals surface area contributed by atoms with Crippen molar-refractivity contribution in [2.45, 2.75) is 32.4 Å². The van der Waals surface area contributed by atoms with Crippen LogP contribution in [-0.2, 0) is 29.0 Å². The number of benzene rings is 3. The molecule has 0 aliphatic rings. The molecule has 0 spiro atoms. The monoisotopic (exact) mass is 460 g/mol. The molecule has 3 rings (SSSR count). The Morgan fingerprint density at radius 1 is 0.794 bits per heavy atom. The highest BCUT2D eigenvalue weighted by molar-refractivity contribution is 5.87. The lowest BCUT2D eigenvalue weighted by molar-refractivity contribution is -0.139. The van der Waals surface area contributed by atoms with Gasteiger partial charge >= 0.3 is 0 Å². The SMILES string of the molecule is COc1ccc(CCNC(=O)[C@H](Cc2ccccc2)N(Cc2ccc(OC)cc2)C(C)=O)cc1. The zero-order chi connectivity index (χ0) is 24.3. The smallest absolute Gasteiger partial charge is 0.243 e. The summed E-state index contributed by atoms with van der Waals surface area (Å²) in [5.41, 5.74) is 3.03. The van der Waals surface area contributed by atoms with Gasteiger partial charge in [-0.2, -0.15) is 0 Å². The molecule has 0 heterocycles. The van der Waals surface area contributed by atoms with Crippen LogP contribution in [0.15, 0.2) is 78.9 Å². The van der Waals surface area contributed by atoms with E-state index in [-0.39, 0.29) is 11.8 Å². The van der Waals surface area contributed by atoms with E-state index in [9.17, 15) is 9.59 Å². The van der Waals surface area contributed by atoms with Crippen LogP contribution in [0, 0.1) is 0 Å². The summed E-state index contributed by atoms with van der Waals surface area (Å²) in [4.78, 5) is 27.6. The number of carbonyl (C=O) groups is 2. The molecule has 2 amide bonds. The van der Waals surface area contributed by atoms with E-state index in [4.69, 9.17) is 9.47 Å². The minimum atomic E-state index is -0.627. The molecule has 0 bridgehead atoms. The largest absolute Gasteiger partial charge is 0.497 e. The molecule has 0 aliphatic heterocycles. The van der Waals surface area contributed by atoms with Gasteiger partial charge in [0.25, 0.3) is 0 Å². The van der Waals surface area contributed by atoms with Crippen LogP contribution in [0.5, 0.6) is 11.5 Å². The van der Waals surface area contributed by atoms with Crippen LogP contribution in [0.1, 0.15) is 23.6 Å². The lowest BCUT2D eigenvalue weighted by Gasteiger charge is -2.30. The molecule has 0 aromatic heterocycles. The van der Waals surface area contributed by atoms with E-state index in [2.05, 4.69) is 5.32 Å². The van der Waals surface area contributed by atoms with Crippen molar-refractivity contribution in [3.8, 4) is 11.5 Å². The number of nitrogens with one attached hydrogen (secondary N) is 1. The maximum absolute atomic E-state index is 13.3. The lowest BCUT2D eigenvalue weighted by Crippen LogP contribution is -2.50. The van der Waals surface area contributed by atoms with Crippen LogP contribution < -0.4 is 14.8 Å². The Labute approximate surface area is 201 Å². The summed E-state index contributed by atoms with van der Waals surface area (Å²) in [5.74, 6) is 1.23. The second-order valence-corrected chi connectivity index (χ2v) is 8.09. The van der Waals surface area contributed by atoms with Crippen LogP contribution in [0.4, 0.5) is 0 Å². The first kappa shape index (κ1) is 24.8. The van der Waals surface area contributed by atoms with Gasteiger partial charge in [-0.15, -0.1) is 0 Å². The van der Waals surface area contributed by atoms with Crippen LogP contribution in [-0.4, -0.2) is 43.5 Å². The summed E-state index contributed by atoms with van der Waals surface area (Å²) >= 11 is 0. The normalized spacial score (nSPS) is 11.4. The molecule has 0 saturated heterocycles. The predicted molar refractivity (Wildman–Crippen MR) is 133 cm³/mol. The number of nitrogens with zero attached hydrogens (tertiary/aromatic N) is 1. The number of methoxy groups -OCH3 is 2. The number of ether oxygens (including phenoxy) is 2. The quantitative estimate of drug-likeness (QED) is 0.469.